The molecule has 6 rings (SSSR count). The van der Waals surface area contributed by atoms with Crippen LogP contribution in [0.25, 0.3) is 0 Å². The molecule has 1 aliphatic heterocycles. The minimum atomic E-state index is -4.11. The molecule has 4 aliphatic rings. The van der Waals surface area contributed by atoms with Gasteiger partial charge in [0, 0.05) is 67.6 Å². The van der Waals surface area contributed by atoms with Crippen molar-refractivity contribution in [1.82, 2.24) is 19.4 Å². The van der Waals surface area contributed by atoms with Gasteiger partial charge in [-0.05, 0) is 86.1 Å². The molecule has 2 aromatic rings. The summed E-state index contributed by atoms with van der Waals surface area (Å²) in [5.74, 6) is 0. The molecule has 2 fully saturated rings. The third-order valence-electron chi connectivity index (χ3n) is 8.02. The van der Waals surface area contributed by atoms with Crippen molar-refractivity contribution in [2.45, 2.75) is 57.4 Å². The van der Waals surface area contributed by atoms with Crippen LogP contribution in [0.2, 0.25) is 0 Å². The number of carbonyl (C=O) groups excluding carboxylic acids is 1. The van der Waals surface area contributed by atoms with Gasteiger partial charge in [0.25, 0.3) is 0 Å². The van der Waals surface area contributed by atoms with Gasteiger partial charge < -0.3 is 10.2 Å². The molecule has 2 amide bonds. The standard InChI is InChI=1S/C24H32N6O3S.Na/c1-28-14-24(15-28)10-18(11-24)30(19-12-25-29(2)13-19)34(32,33)27-23(31)26-22-20-7-3-5-16(20)9-17-6-4-8-21(17)22;/h9,12-13,18H,3-8,10-11,14-15H2,1-2H3,(H2,26,27,31);. The SMILES string of the molecule is CN1CC2(CC(N(c3cnn(C)c3)S(=O)(=O)NC(=O)Nc3c4c(cc5c3CCC5)CCC4)C2)C1.[Na]. The molecule has 2 heterocycles. The van der Waals surface area contributed by atoms with Crippen molar-refractivity contribution in [3.05, 3.63) is 40.7 Å². The smallest absolute Gasteiger partial charge is 0.307 e. The topological polar surface area (TPSA) is 99.6 Å². The summed E-state index contributed by atoms with van der Waals surface area (Å²) in [6, 6.07) is 1.41. The summed E-state index contributed by atoms with van der Waals surface area (Å²) in [4.78, 5) is 15.3. The van der Waals surface area contributed by atoms with Crippen molar-refractivity contribution in [3.63, 3.8) is 0 Å². The molecule has 11 heteroatoms. The number of nitrogens with zero attached hydrogens (tertiary/aromatic N) is 4. The average molecular weight is 508 g/mol. The molecule has 1 saturated heterocycles. The first-order valence-electron chi connectivity index (χ1n) is 12.2. The van der Waals surface area contributed by atoms with E-state index in [1.54, 1.807) is 24.1 Å². The predicted octanol–water partition coefficient (Wildman–Crippen LogP) is 1.98. The monoisotopic (exact) mass is 507 g/mol. The number of aromatic nitrogens is 2. The maximum absolute atomic E-state index is 13.5. The number of hydrogen-bond donors (Lipinski definition) is 2. The van der Waals surface area contributed by atoms with Crippen LogP contribution in [0.5, 0.6) is 0 Å². The zero-order chi connectivity index (χ0) is 23.7. The van der Waals surface area contributed by atoms with Gasteiger partial charge >= 0.3 is 16.2 Å². The summed E-state index contributed by atoms with van der Waals surface area (Å²) in [6.07, 6.45) is 10.8. The largest absolute Gasteiger partial charge is 0.334 e. The van der Waals surface area contributed by atoms with E-state index in [0.29, 0.717) is 5.69 Å². The van der Waals surface area contributed by atoms with Crippen molar-refractivity contribution in [2.24, 2.45) is 12.5 Å². The number of fused-ring (bicyclic) bond motifs is 2. The first-order valence-corrected chi connectivity index (χ1v) is 13.6. The van der Waals surface area contributed by atoms with Gasteiger partial charge in [0.05, 0.1) is 11.9 Å². The molecular weight excluding hydrogens is 475 g/mol. The molecule has 2 N–H and O–H groups in total. The molecular formula is C24H32N6NaO3S. The molecule has 1 radical (unpaired) electrons. The molecule has 1 spiro atoms. The van der Waals surface area contributed by atoms with Crippen LogP contribution in [-0.4, -0.2) is 84.9 Å². The summed E-state index contributed by atoms with van der Waals surface area (Å²) < 4.78 is 32.3. The molecule has 1 aromatic carbocycles. The van der Waals surface area contributed by atoms with E-state index in [0.717, 1.165) is 70.1 Å². The van der Waals surface area contributed by atoms with E-state index >= 15 is 0 Å². The second-order valence-electron chi connectivity index (χ2n) is 10.7. The van der Waals surface area contributed by atoms with Crippen LogP contribution in [0.4, 0.5) is 16.2 Å². The molecule has 0 unspecified atom stereocenters. The number of benzene rings is 1. The molecule has 1 saturated carbocycles. The Balaban J connectivity index is 0.00000253. The number of hydrogen-bond acceptors (Lipinski definition) is 5. The number of urea groups is 1. The van der Waals surface area contributed by atoms with Gasteiger partial charge in [-0.1, -0.05) is 6.07 Å². The minimum Gasteiger partial charge on any atom is -0.307 e. The zero-order valence-corrected chi connectivity index (χ0v) is 23.6. The van der Waals surface area contributed by atoms with Gasteiger partial charge in [0.1, 0.15) is 0 Å². The number of anilines is 2. The van der Waals surface area contributed by atoms with Crippen molar-refractivity contribution in [3.8, 4) is 0 Å². The average Bonchev–Trinajstić information content (AvgIpc) is 3.45. The summed E-state index contributed by atoms with van der Waals surface area (Å²) in [5, 5.41) is 7.12. The summed E-state index contributed by atoms with van der Waals surface area (Å²) in [5.41, 5.74) is 6.45. The van der Waals surface area contributed by atoms with Gasteiger partial charge in [-0.15, -0.1) is 0 Å². The molecule has 1 aromatic heterocycles. The van der Waals surface area contributed by atoms with E-state index in [1.807, 2.05) is 0 Å². The second kappa shape index (κ2) is 9.06. The van der Waals surface area contributed by atoms with Crippen LogP contribution in [0.1, 0.15) is 47.9 Å². The van der Waals surface area contributed by atoms with Crippen molar-refractivity contribution >= 4 is 57.2 Å². The molecule has 0 bridgehead atoms. The Morgan fingerprint density at radius 1 is 1.09 bits per heavy atom. The van der Waals surface area contributed by atoms with Gasteiger partial charge in [-0.2, -0.15) is 13.5 Å². The van der Waals surface area contributed by atoms with E-state index in [-0.39, 0.29) is 41.0 Å². The molecule has 9 nitrogen and oxygen atoms in total. The van der Waals surface area contributed by atoms with Crippen LogP contribution >= 0.6 is 0 Å². The zero-order valence-electron chi connectivity index (χ0n) is 20.8. The quantitative estimate of drug-likeness (QED) is 0.603. The van der Waals surface area contributed by atoms with Gasteiger partial charge in [-0.3, -0.25) is 4.68 Å². The number of aryl methyl sites for hydroxylation is 3. The van der Waals surface area contributed by atoms with E-state index in [9.17, 15) is 13.2 Å². The fraction of sp³-hybridized carbons (Fsp3) is 0.583. The van der Waals surface area contributed by atoms with Crippen molar-refractivity contribution in [1.29, 1.82) is 0 Å². The number of likely N-dealkylation sites (tertiary alicyclic amines) is 1. The van der Waals surface area contributed by atoms with Crippen molar-refractivity contribution < 1.29 is 13.2 Å². The Morgan fingerprint density at radius 3 is 2.26 bits per heavy atom. The normalized spacial score (nSPS) is 20.4. The van der Waals surface area contributed by atoms with E-state index in [4.69, 9.17) is 0 Å². The summed E-state index contributed by atoms with van der Waals surface area (Å²) in [7, 11) is -0.275. The van der Waals surface area contributed by atoms with Gasteiger partial charge in [-0.25, -0.2) is 13.8 Å². The fourth-order valence-corrected chi connectivity index (χ4v) is 8.10. The van der Waals surface area contributed by atoms with Crippen molar-refractivity contribution in [2.75, 3.05) is 29.8 Å². The number of amides is 2. The van der Waals surface area contributed by atoms with Crippen LogP contribution in [0.3, 0.4) is 0 Å². The Kier molecular flexibility index (Phi) is 6.49. The van der Waals surface area contributed by atoms with Crippen LogP contribution in [0.15, 0.2) is 18.5 Å². The van der Waals surface area contributed by atoms with E-state index < -0.39 is 16.2 Å². The second-order valence-corrected chi connectivity index (χ2v) is 12.2. The first kappa shape index (κ1) is 25.1. The van der Waals surface area contributed by atoms with Gasteiger partial charge in [0.15, 0.2) is 0 Å². The third-order valence-corrected chi connectivity index (χ3v) is 9.49. The van der Waals surface area contributed by atoms with E-state index in [1.165, 1.54) is 26.6 Å². The Bertz CT molecular complexity index is 1230. The first-order chi connectivity index (χ1) is 16.2. The maximum atomic E-state index is 13.5. The molecule has 35 heavy (non-hydrogen) atoms. The maximum Gasteiger partial charge on any atom is 0.334 e. The predicted molar refractivity (Wildman–Crippen MR) is 136 cm³/mol. The van der Waals surface area contributed by atoms with E-state index in [2.05, 4.69) is 33.2 Å². The number of carbonyl (C=O) groups is 1. The summed E-state index contributed by atoms with van der Waals surface area (Å²) in [6.45, 7) is 1.98. The van der Waals surface area contributed by atoms with Crippen LogP contribution in [0, 0.1) is 5.41 Å². The Labute approximate surface area is 229 Å². The number of rotatable bonds is 5. The van der Waals surface area contributed by atoms with Gasteiger partial charge in [0.2, 0.25) is 0 Å². The van der Waals surface area contributed by atoms with Crippen LogP contribution < -0.4 is 14.3 Å². The Hall–Kier alpha value is -1.59. The summed E-state index contributed by atoms with van der Waals surface area (Å²) >= 11 is 0. The fourth-order valence-electron chi connectivity index (χ4n) is 6.80. The molecule has 0 atom stereocenters. The molecule has 3 aliphatic carbocycles. The number of nitrogens with one attached hydrogen (secondary N) is 2. The molecule has 183 valence electrons. The Morgan fingerprint density at radius 2 is 1.71 bits per heavy atom. The minimum absolute atomic E-state index is 0. The van der Waals surface area contributed by atoms with Crippen LogP contribution in [-0.2, 0) is 42.9 Å². The third kappa shape index (κ3) is 4.41.